The molecule has 0 radical (unpaired) electrons. The number of nitrogens with one attached hydrogen (secondary N) is 1. The van der Waals surface area contributed by atoms with E-state index in [1.165, 1.54) is 0 Å². The Bertz CT molecular complexity index is 1150. The maximum atomic E-state index is 5.78. The zero-order valence-electron chi connectivity index (χ0n) is 14.2. The number of nitrogens with zero attached hydrogens (tertiary/aromatic N) is 3. The molecule has 0 saturated heterocycles. The zero-order chi connectivity index (χ0) is 18.1. The molecule has 1 N–H and O–H groups in total. The smallest absolute Gasteiger partial charge is 0.162 e. The number of H-pyrrole nitrogens is 1. The van der Waals surface area contributed by atoms with E-state index in [0.717, 1.165) is 38.8 Å². The Morgan fingerprint density at radius 1 is 0.778 bits per heavy atom. The molecule has 5 aromatic heterocycles. The molecule has 0 aliphatic heterocycles. The van der Waals surface area contributed by atoms with Gasteiger partial charge in [-0.2, -0.15) is 0 Å². The number of thiophene rings is 1. The molecule has 5 aromatic rings. The molecule has 0 unspecified atom stereocenters. The van der Waals surface area contributed by atoms with E-state index in [4.69, 9.17) is 4.42 Å². The van der Waals surface area contributed by atoms with E-state index in [1.807, 2.05) is 42.5 Å². The summed E-state index contributed by atoms with van der Waals surface area (Å²) >= 11 is 1.67. The van der Waals surface area contributed by atoms with E-state index in [9.17, 15) is 0 Å². The molecule has 0 atom stereocenters. The van der Waals surface area contributed by atoms with Gasteiger partial charge in [0.15, 0.2) is 5.82 Å². The number of hydrogen-bond donors (Lipinski definition) is 1. The van der Waals surface area contributed by atoms with Crippen molar-refractivity contribution in [3.8, 4) is 44.7 Å². The summed E-state index contributed by atoms with van der Waals surface area (Å²) in [7, 11) is 0. The molecule has 0 saturated carbocycles. The summed E-state index contributed by atoms with van der Waals surface area (Å²) in [4.78, 5) is 18.2. The lowest BCUT2D eigenvalue weighted by atomic mass is 10.0. The van der Waals surface area contributed by atoms with Crippen LogP contribution in [0.3, 0.4) is 0 Å². The lowest BCUT2D eigenvalue weighted by Gasteiger charge is -2.05. The summed E-state index contributed by atoms with van der Waals surface area (Å²) < 4.78 is 5.78. The van der Waals surface area contributed by atoms with Crippen LogP contribution < -0.4 is 0 Å². The largest absolute Gasteiger partial charge is 0.464 e. The van der Waals surface area contributed by atoms with E-state index < -0.39 is 0 Å². The van der Waals surface area contributed by atoms with E-state index in [-0.39, 0.29) is 0 Å². The summed E-state index contributed by atoms with van der Waals surface area (Å²) in [5.74, 6) is 1.39. The molecule has 0 spiro atoms. The maximum absolute atomic E-state index is 5.78. The quantitative estimate of drug-likeness (QED) is 0.452. The van der Waals surface area contributed by atoms with Crippen LogP contribution in [0.4, 0.5) is 0 Å². The molecule has 130 valence electrons. The number of rotatable bonds is 4. The topological polar surface area (TPSA) is 67.6 Å². The number of pyridine rings is 1. The molecule has 0 fully saturated rings. The third kappa shape index (κ3) is 2.76. The van der Waals surface area contributed by atoms with Crippen molar-refractivity contribution in [2.45, 2.75) is 0 Å². The lowest BCUT2D eigenvalue weighted by Crippen LogP contribution is -1.91. The SMILES string of the molecule is c1ccc(-c2[nH]c(-c3cccs3)c(-c3ccco3)c2-c2ncccn2)nc1. The first-order valence-corrected chi connectivity index (χ1v) is 9.32. The van der Waals surface area contributed by atoms with Crippen LogP contribution in [0.2, 0.25) is 0 Å². The van der Waals surface area contributed by atoms with Crippen LogP contribution >= 0.6 is 11.3 Å². The van der Waals surface area contributed by atoms with Gasteiger partial charge in [-0.15, -0.1) is 11.3 Å². The molecule has 5 rings (SSSR count). The van der Waals surface area contributed by atoms with Gasteiger partial charge in [-0.3, -0.25) is 4.98 Å². The Morgan fingerprint density at radius 2 is 1.67 bits per heavy atom. The summed E-state index contributed by atoms with van der Waals surface area (Å²) in [6.07, 6.45) is 6.95. The summed E-state index contributed by atoms with van der Waals surface area (Å²) in [6, 6.07) is 15.6. The molecule has 5 heterocycles. The molecule has 0 amide bonds. The lowest BCUT2D eigenvalue weighted by molar-refractivity contribution is 0.583. The fraction of sp³-hybridized carbons (Fsp3) is 0. The van der Waals surface area contributed by atoms with Gasteiger partial charge in [-0.25, -0.2) is 9.97 Å². The molecule has 6 heteroatoms. The Hall–Kier alpha value is -3.51. The second-order valence-electron chi connectivity index (χ2n) is 5.87. The highest BCUT2D eigenvalue weighted by molar-refractivity contribution is 7.13. The Kier molecular flexibility index (Phi) is 3.88. The molecule has 0 bridgehead atoms. The highest BCUT2D eigenvalue weighted by Gasteiger charge is 2.26. The molecule has 27 heavy (non-hydrogen) atoms. The van der Waals surface area contributed by atoms with Crippen LogP contribution in [-0.2, 0) is 0 Å². The predicted molar refractivity (Wildman–Crippen MR) is 106 cm³/mol. The molecular formula is C21H14N4OS. The van der Waals surface area contributed by atoms with Crippen LogP contribution in [-0.4, -0.2) is 19.9 Å². The normalized spacial score (nSPS) is 11.0. The number of hydrogen-bond acceptors (Lipinski definition) is 5. The second kappa shape index (κ2) is 6.66. The van der Waals surface area contributed by atoms with Gasteiger partial charge in [0.1, 0.15) is 5.76 Å². The van der Waals surface area contributed by atoms with Crippen molar-refractivity contribution < 1.29 is 4.42 Å². The molecule has 0 aliphatic rings. The number of aromatic amines is 1. The molecule has 0 aliphatic carbocycles. The van der Waals surface area contributed by atoms with Gasteiger partial charge in [-0.1, -0.05) is 12.1 Å². The van der Waals surface area contributed by atoms with E-state index >= 15 is 0 Å². The van der Waals surface area contributed by atoms with Crippen molar-refractivity contribution >= 4 is 11.3 Å². The average molecular weight is 370 g/mol. The second-order valence-corrected chi connectivity index (χ2v) is 6.81. The highest BCUT2D eigenvalue weighted by atomic mass is 32.1. The monoisotopic (exact) mass is 370 g/mol. The Balaban J connectivity index is 1.88. The molecule has 0 aromatic carbocycles. The highest BCUT2D eigenvalue weighted by Crippen LogP contribution is 2.45. The van der Waals surface area contributed by atoms with Gasteiger partial charge in [0.2, 0.25) is 0 Å². The molecular weight excluding hydrogens is 356 g/mol. The van der Waals surface area contributed by atoms with Crippen molar-refractivity contribution in [2.75, 3.05) is 0 Å². The third-order valence-electron chi connectivity index (χ3n) is 4.25. The first-order chi connectivity index (χ1) is 13.4. The van der Waals surface area contributed by atoms with Crippen molar-refractivity contribution in [3.05, 3.63) is 78.8 Å². The predicted octanol–water partition coefficient (Wildman–Crippen LogP) is 5.52. The maximum Gasteiger partial charge on any atom is 0.162 e. The van der Waals surface area contributed by atoms with Gasteiger partial charge in [-0.05, 0) is 41.8 Å². The first-order valence-electron chi connectivity index (χ1n) is 8.44. The molecule has 5 nitrogen and oxygen atoms in total. The first kappa shape index (κ1) is 15.7. The Morgan fingerprint density at radius 3 is 2.37 bits per heavy atom. The minimum atomic E-state index is 0.628. The van der Waals surface area contributed by atoms with Crippen molar-refractivity contribution in [1.82, 2.24) is 19.9 Å². The van der Waals surface area contributed by atoms with E-state index in [1.54, 1.807) is 36.2 Å². The van der Waals surface area contributed by atoms with Crippen LogP contribution in [0.5, 0.6) is 0 Å². The third-order valence-corrected chi connectivity index (χ3v) is 5.13. The van der Waals surface area contributed by atoms with Gasteiger partial charge >= 0.3 is 0 Å². The van der Waals surface area contributed by atoms with Crippen LogP contribution in [0.1, 0.15) is 0 Å². The fourth-order valence-corrected chi connectivity index (χ4v) is 3.86. The van der Waals surface area contributed by atoms with Crippen molar-refractivity contribution in [1.29, 1.82) is 0 Å². The fourth-order valence-electron chi connectivity index (χ4n) is 3.13. The number of furan rings is 1. The number of aromatic nitrogens is 4. The van der Waals surface area contributed by atoms with Gasteiger partial charge in [0.25, 0.3) is 0 Å². The zero-order valence-corrected chi connectivity index (χ0v) is 15.0. The van der Waals surface area contributed by atoms with Crippen LogP contribution in [0, 0.1) is 0 Å². The Labute approximate surface area is 159 Å². The van der Waals surface area contributed by atoms with Crippen molar-refractivity contribution in [2.24, 2.45) is 0 Å². The minimum Gasteiger partial charge on any atom is -0.464 e. The van der Waals surface area contributed by atoms with Gasteiger partial charge in [0.05, 0.1) is 39.3 Å². The standard InChI is InChI=1S/C21H14N4OS/c1-2-9-22-14(6-1)19-18(21-23-10-5-11-24-21)17(15-7-3-12-26-15)20(25-19)16-8-4-13-27-16/h1-13,25H. The summed E-state index contributed by atoms with van der Waals surface area (Å²) in [5, 5.41) is 2.06. The summed E-state index contributed by atoms with van der Waals surface area (Å²) in [6.45, 7) is 0. The van der Waals surface area contributed by atoms with Crippen LogP contribution in [0.25, 0.3) is 44.7 Å². The minimum absolute atomic E-state index is 0.628. The van der Waals surface area contributed by atoms with Gasteiger partial charge < -0.3 is 9.40 Å². The van der Waals surface area contributed by atoms with Crippen LogP contribution in [0.15, 0.2) is 83.2 Å². The van der Waals surface area contributed by atoms with Crippen molar-refractivity contribution in [3.63, 3.8) is 0 Å². The summed E-state index contributed by atoms with van der Waals surface area (Å²) in [5.41, 5.74) is 4.50. The van der Waals surface area contributed by atoms with E-state index in [0.29, 0.717) is 5.82 Å². The average Bonchev–Trinajstić information content (AvgIpc) is 3.48. The van der Waals surface area contributed by atoms with Gasteiger partial charge in [0, 0.05) is 18.6 Å². The van der Waals surface area contributed by atoms with E-state index in [2.05, 4.69) is 31.4 Å².